The highest BCUT2D eigenvalue weighted by Gasteiger charge is 2.09. The number of anilines is 1. The predicted molar refractivity (Wildman–Crippen MR) is 73.9 cm³/mol. The van der Waals surface area contributed by atoms with Crippen molar-refractivity contribution >= 4 is 23.2 Å². The van der Waals surface area contributed by atoms with E-state index in [-0.39, 0.29) is 12.5 Å². The first-order valence-corrected chi connectivity index (χ1v) is 5.87. The Labute approximate surface area is 115 Å². The van der Waals surface area contributed by atoms with Gasteiger partial charge in [-0.2, -0.15) is 5.10 Å². The van der Waals surface area contributed by atoms with Crippen LogP contribution in [0.5, 0.6) is 0 Å². The van der Waals surface area contributed by atoms with Gasteiger partial charge < -0.3 is 11.1 Å². The fourth-order valence-electron chi connectivity index (χ4n) is 1.42. The number of hydrogen-bond donors (Lipinski definition) is 3. The summed E-state index contributed by atoms with van der Waals surface area (Å²) in [7, 11) is 0. The lowest BCUT2D eigenvalue weighted by molar-refractivity contribution is 0.102. The van der Waals surface area contributed by atoms with Crippen LogP contribution in [-0.4, -0.2) is 22.6 Å². The number of amides is 1. The number of rotatable bonds is 2. The van der Waals surface area contributed by atoms with Crippen LogP contribution in [0.4, 0.5) is 5.69 Å². The molecule has 0 bridgehead atoms. The van der Waals surface area contributed by atoms with Crippen LogP contribution >= 0.6 is 11.6 Å². The molecule has 0 saturated heterocycles. The van der Waals surface area contributed by atoms with Crippen LogP contribution in [0.3, 0.4) is 0 Å². The number of hydrogen-bond acceptors (Lipinski definition) is 3. The van der Waals surface area contributed by atoms with Gasteiger partial charge in [0, 0.05) is 11.8 Å². The van der Waals surface area contributed by atoms with Crippen molar-refractivity contribution < 1.29 is 4.79 Å². The number of nitrogens with zero attached hydrogens (tertiary/aromatic N) is 1. The Bertz CT molecular complexity index is 640. The van der Waals surface area contributed by atoms with Crippen LogP contribution in [0.25, 0.3) is 0 Å². The summed E-state index contributed by atoms with van der Waals surface area (Å²) in [6.45, 7) is 0.277. The molecule has 1 aromatic heterocycles. The Morgan fingerprint density at radius 2 is 2.37 bits per heavy atom. The summed E-state index contributed by atoms with van der Waals surface area (Å²) in [6.07, 6.45) is 2.93. The van der Waals surface area contributed by atoms with Gasteiger partial charge in [0.15, 0.2) is 0 Å². The van der Waals surface area contributed by atoms with Crippen LogP contribution in [-0.2, 0) is 0 Å². The second-order valence-electron chi connectivity index (χ2n) is 3.64. The van der Waals surface area contributed by atoms with Crippen LogP contribution in [0.1, 0.15) is 15.9 Å². The number of H-pyrrole nitrogens is 1. The maximum absolute atomic E-state index is 11.9. The largest absolute Gasteiger partial charge is 0.320 e. The standard InChI is InChI=1S/C13H11ClN4O/c14-11-4-3-9(2-1-5-15)6-12(11)18-13(19)10-7-16-17-8-10/h3-4,6-8H,5,15H2,(H,16,17)(H,18,19). The summed E-state index contributed by atoms with van der Waals surface area (Å²) in [5, 5.41) is 9.42. The molecule has 19 heavy (non-hydrogen) atoms. The highest BCUT2D eigenvalue weighted by Crippen LogP contribution is 2.23. The molecule has 0 saturated carbocycles. The Kier molecular flexibility index (Phi) is 4.18. The van der Waals surface area contributed by atoms with Crippen molar-refractivity contribution in [1.29, 1.82) is 0 Å². The molecule has 1 heterocycles. The van der Waals surface area contributed by atoms with E-state index in [1.165, 1.54) is 12.4 Å². The van der Waals surface area contributed by atoms with Gasteiger partial charge in [-0.25, -0.2) is 0 Å². The summed E-state index contributed by atoms with van der Waals surface area (Å²) >= 11 is 6.02. The van der Waals surface area contributed by atoms with Crippen LogP contribution in [0.2, 0.25) is 5.02 Å². The topological polar surface area (TPSA) is 83.8 Å². The molecule has 2 aromatic rings. The first-order chi connectivity index (χ1) is 9.20. The number of aromatic nitrogens is 2. The minimum absolute atomic E-state index is 0.277. The molecule has 0 unspecified atom stereocenters. The molecule has 0 fully saturated rings. The van der Waals surface area contributed by atoms with E-state index in [1.54, 1.807) is 18.2 Å². The zero-order valence-corrected chi connectivity index (χ0v) is 10.7. The summed E-state index contributed by atoms with van der Waals surface area (Å²) < 4.78 is 0. The van der Waals surface area contributed by atoms with Gasteiger partial charge in [0.2, 0.25) is 0 Å². The Balaban J connectivity index is 2.22. The second kappa shape index (κ2) is 6.05. The molecule has 0 spiro atoms. The van der Waals surface area contributed by atoms with Crippen molar-refractivity contribution in [3.63, 3.8) is 0 Å². The molecule has 0 aliphatic rings. The van der Waals surface area contributed by atoms with Crippen molar-refractivity contribution in [2.24, 2.45) is 5.73 Å². The third kappa shape index (κ3) is 3.35. The monoisotopic (exact) mass is 274 g/mol. The fraction of sp³-hybridized carbons (Fsp3) is 0.0769. The van der Waals surface area contributed by atoms with E-state index in [9.17, 15) is 4.79 Å². The van der Waals surface area contributed by atoms with Crippen molar-refractivity contribution in [3.05, 3.63) is 46.7 Å². The molecule has 0 atom stereocenters. The molecular formula is C13H11ClN4O. The number of benzene rings is 1. The highest BCUT2D eigenvalue weighted by molar-refractivity contribution is 6.34. The fourth-order valence-corrected chi connectivity index (χ4v) is 1.59. The zero-order valence-electron chi connectivity index (χ0n) is 9.90. The van der Waals surface area contributed by atoms with Gasteiger partial charge in [0.25, 0.3) is 5.91 Å². The number of nitrogens with two attached hydrogens (primary N) is 1. The lowest BCUT2D eigenvalue weighted by atomic mass is 10.2. The Hall–Kier alpha value is -2.29. The minimum Gasteiger partial charge on any atom is -0.320 e. The average molecular weight is 275 g/mol. The average Bonchev–Trinajstić information content (AvgIpc) is 2.93. The zero-order chi connectivity index (χ0) is 13.7. The van der Waals surface area contributed by atoms with E-state index in [4.69, 9.17) is 17.3 Å². The number of halogens is 1. The lowest BCUT2D eigenvalue weighted by Gasteiger charge is -2.06. The number of carbonyl (C=O) groups excluding carboxylic acids is 1. The number of nitrogens with one attached hydrogen (secondary N) is 2. The van der Waals surface area contributed by atoms with Gasteiger partial charge >= 0.3 is 0 Å². The van der Waals surface area contributed by atoms with E-state index in [1.807, 2.05) is 0 Å². The van der Waals surface area contributed by atoms with Gasteiger partial charge in [-0.15, -0.1) is 0 Å². The maximum Gasteiger partial charge on any atom is 0.258 e. The third-order valence-electron chi connectivity index (χ3n) is 2.31. The quantitative estimate of drug-likeness (QED) is 0.728. The molecule has 1 aromatic carbocycles. The summed E-state index contributed by atoms with van der Waals surface area (Å²) in [5.74, 6) is 5.32. The predicted octanol–water partition coefficient (Wildman–Crippen LogP) is 1.63. The van der Waals surface area contributed by atoms with Crippen LogP contribution < -0.4 is 11.1 Å². The van der Waals surface area contributed by atoms with Gasteiger partial charge in [0.1, 0.15) is 0 Å². The van der Waals surface area contributed by atoms with Crippen molar-refractivity contribution in [1.82, 2.24) is 10.2 Å². The molecule has 0 radical (unpaired) electrons. The summed E-state index contributed by atoms with van der Waals surface area (Å²) in [4.78, 5) is 11.9. The van der Waals surface area contributed by atoms with Crippen LogP contribution in [0, 0.1) is 11.8 Å². The Morgan fingerprint density at radius 3 is 3.05 bits per heavy atom. The van der Waals surface area contributed by atoms with Gasteiger partial charge in [-0.1, -0.05) is 23.4 Å². The molecule has 1 amide bonds. The Morgan fingerprint density at radius 1 is 1.53 bits per heavy atom. The maximum atomic E-state index is 11.9. The van der Waals surface area contributed by atoms with E-state index >= 15 is 0 Å². The van der Waals surface area contributed by atoms with E-state index in [0.29, 0.717) is 16.3 Å². The van der Waals surface area contributed by atoms with Crippen LogP contribution in [0.15, 0.2) is 30.6 Å². The number of aromatic amines is 1. The third-order valence-corrected chi connectivity index (χ3v) is 2.64. The molecule has 2 rings (SSSR count). The van der Waals surface area contributed by atoms with E-state index in [0.717, 1.165) is 5.56 Å². The minimum atomic E-state index is -0.292. The first-order valence-electron chi connectivity index (χ1n) is 5.49. The van der Waals surface area contributed by atoms with Crippen molar-refractivity contribution in [2.75, 3.05) is 11.9 Å². The molecule has 0 aliphatic heterocycles. The molecule has 5 nitrogen and oxygen atoms in total. The van der Waals surface area contributed by atoms with E-state index in [2.05, 4.69) is 27.4 Å². The van der Waals surface area contributed by atoms with Crippen molar-refractivity contribution in [3.8, 4) is 11.8 Å². The first kappa shape index (κ1) is 13.1. The van der Waals surface area contributed by atoms with Gasteiger partial charge in [-0.3, -0.25) is 9.89 Å². The number of carbonyl (C=O) groups is 1. The molecule has 4 N–H and O–H groups in total. The highest BCUT2D eigenvalue weighted by atomic mass is 35.5. The van der Waals surface area contributed by atoms with Gasteiger partial charge in [-0.05, 0) is 18.2 Å². The smallest absolute Gasteiger partial charge is 0.258 e. The second-order valence-corrected chi connectivity index (χ2v) is 4.05. The molecular weight excluding hydrogens is 264 g/mol. The summed E-state index contributed by atoms with van der Waals surface area (Å²) in [6, 6.07) is 5.13. The SMILES string of the molecule is NCC#Cc1ccc(Cl)c(NC(=O)c2cn[nH]c2)c1. The van der Waals surface area contributed by atoms with Gasteiger partial charge in [0.05, 0.1) is 29.0 Å². The molecule has 6 heteroatoms. The normalized spacial score (nSPS) is 9.58. The lowest BCUT2D eigenvalue weighted by Crippen LogP contribution is -2.11. The molecule has 96 valence electrons. The molecule has 0 aliphatic carbocycles. The van der Waals surface area contributed by atoms with Crippen molar-refractivity contribution in [2.45, 2.75) is 0 Å². The summed E-state index contributed by atoms with van der Waals surface area (Å²) in [5.41, 5.74) is 6.97. The van der Waals surface area contributed by atoms with E-state index < -0.39 is 0 Å².